The molecule has 2 heterocycles. The summed E-state index contributed by atoms with van der Waals surface area (Å²) < 4.78 is 0. The second kappa shape index (κ2) is 9.63. The average molecular weight is 466 g/mol. The molecule has 2 aromatic heterocycles. The molecule has 1 aliphatic rings. The molecule has 1 unspecified atom stereocenters. The molecule has 0 saturated carbocycles. The Morgan fingerprint density at radius 1 is 0.694 bits per heavy atom. The van der Waals surface area contributed by atoms with Crippen LogP contribution >= 0.6 is 0 Å². The van der Waals surface area contributed by atoms with E-state index >= 15 is 0 Å². The first-order chi connectivity index (χ1) is 17.7. The van der Waals surface area contributed by atoms with Crippen molar-refractivity contribution in [1.82, 2.24) is 9.97 Å². The van der Waals surface area contributed by atoms with Gasteiger partial charge in [-0.25, -0.2) is 0 Å². The maximum Gasteiger partial charge on any atom is 0.0895 e. The summed E-state index contributed by atoms with van der Waals surface area (Å²) >= 11 is 0. The Bertz CT molecular complexity index is 1570. The lowest BCUT2D eigenvalue weighted by Gasteiger charge is -2.21. The molecule has 0 N–H and O–H groups in total. The third-order valence-corrected chi connectivity index (χ3v) is 6.84. The van der Waals surface area contributed by atoms with E-state index in [0.29, 0.717) is 0 Å². The number of benzene rings is 3. The summed E-state index contributed by atoms with van der Waals surface area (Å²) in [4.78, 5) is 11.8. The number of hydrogen-bond acceptors (Lipinski definition) is 3. The van der Waals surface area contributed by atoms with Crippen molar-refractivity contribution in [3.8, 4) is 22.5 Å². The summed E-state index contributed by atoms with van der Waals surface area (Å²) in [5, 5.41) is 2.50. The van der Waals surface area contributed by atoms with Crippen LogP contribution in [0.2, 0.25) is 0 Å². The van der Waals surface area contributed by atoms with E-state index < -0.39 is 0 Å². The van der Waals surface area contributed by atoms with Crippen LogP contribution in [-0.2, 0) is 0 Å². The molecule has 6 rings (SSSR count). The Labute approximate surface area is 212 Å². The van der Waals surface area contributed by atoms with Gasteiger partial charge >= 0.3 is 0 Å². The van der Waals surface area contributed by atoms with Gasteiger partial charge in [-0.2, -0.15) is 0 Å². The smallest absolute Gasteiger partial charge is 0.0895 e. The molecule has 3 aromatic carbocycles. The van der Waals surface area contributed by atoms with Gasteiger partial charge in [-0.05, 0) is 76.9 Å². The number of aromatic nitrogens is 2. The van der Waals surface area contributed by atoms with Gasteiger partial charge in [-0.1, -0.05) is 72.8 Å². The summed E-state index contributed by atoms with van der Waals surface area (Å²) in [7, 11) is 2.12. The number of pyridine rings is 2. The largest absolute Gasteiger partial charge is 0.345 e. The topological polar surface area (TPSA) is 29.0 Å². The van der Waals surface area contributed by atoms with Crippen LogP contribution in [0.5, 0.6) is 0 Å². The van der Waals surface area contributed by atoms with E-state index in [2.05, 4.69) is 120 Å². The molecule has 174 valence electrons. The first-order valence-corrected chi connectivity index (χ1v) is 12.3. The standard InChI is InChI=1S/C33H27N3/c1-36(30-19-16-24-9-5-6-12-27(24)21-30)29-17-14-25(15-18-29)28-22-32(26-10-3-2-4-11-26)35-33(23-28)31-13-7-8-20-34-31/h2-10,12-23,26H,11H2,1H3. The number of allylic oxidation sites excluding steroid dienone is 4. The number of nitrogens with zero attached hydrogens (tertiary/aromatic N) is 3. The normalized spacial score (nSPS) is 14.8. The summed E-state index contributed by atoms with van der Waals surface area (Å²) in [6, 6.07) is 34.2. The Morgan fingerprint density at radius 3 is 2.28 bits per heavy atom. The molecule has 0 saturated heterocycles. The van der Waals surface area contributed by atoms with E-state index in [-0.39, 0.29) is 5.92 Å². The summed E-state index contributed by atoms with van der Waals surface area (Å²) in [5.74, 6) is 0.274. The highest BCUT2D eigenvalue weighted by molar-refractivity contribution is 5.87. The van der Waals surface area contributed by atoms with Crippen molar-refractivity contribution in [2.45, 2.75) is 12.3 Å². The lowest BCUT2D eigenvalue weighted by molar-refractivity contribution is 0.817. The monoisotopic (exact) mass is 465 g/mol. The Kier molecular flexibility index (Phi) is 5.88. The third-order valence-electron chi connectivity index (χ3n) is 6.84. The Hall–Kier alpha value is -4.50. The third kappa shape index (κ3) is 4.44. The predicted molar refractivity (Wildman–Crippen MR) is 151 cm³/mol. The van der Waals surface area contributed by atoms with Crippen molar-refractivity contribution in [1.29, 1.82) is 0 Å². The van der Waals surface area contributed by atoms with E-state index in [1.54, 1.807) is 0 Å². The van der Waals surface area contributed by atoms with E-state index in [9.17, 15) is 0 Å². The molecule has 0 spiro atoms. The molecule has 1 aliphatic carbocycles. The zero-order valence-corrected chi connectivity index (χ0v) is 20.3. The molecule has 0 amide bonds. The number of fused-ring (bicyclic) bond motifs is 1. The molecule has 1 atom stereocenters. The Morgan fingerprint density at radius 2 is 1.50 bits per heavy atom. The molecular weight excluding hydrogens is 438 g/mol. The minimum Gasteiger partial charge on any atom is -0.345 e. The maximum absolute atomic E-state index is 5.01. The van der Waals surface area contributed by atoms with Gasteiger partial charge in [0.05, 0.1) is 11.4 Å². The van der Waals surface area contributed by atoms with Crippen molar-refractivity contribution >= 4 is 22.1 Å². The first-order valence-electron chi connectivity index (χ1n) is 12.3. The lowest BCUT2D eigenvalue weighted by atomic mass is 9.93. The molecule has 3 nitrogen and oxygen atoms in total. The molecule has 3 heteroatoms. The van der Waals surface area contributed by atoms with Crippen LogP contribution in [0.4, 0.5) is 11.4 Å². The highest BCUT2D eigenvalue weighted by Crippen LogP contribution is 2.33. The van der Waals surface area contributed by atoms with Gasteiger partial charge in [0, 0.05) is 36.2 Å². The minimum atomic E-state index is 0.274. The van der Waals surface area contributed by atoms with Crippen LogP contribution in [0.15, 0.2) is 128 Å². The molecule has 36 heavy (non-hydrogen) atoms. The van der Waals surface area contributed by atoms with Gasteiger partial charge < -0.3 is 4.90 Å². The lowest BCUT2D eigenvalue weighted by Crippen LogP contribution is -2.09. The van der Waals surface area contributed by atoms with Crippen molar-refractivity contribution in [2.75, 3.05) is 11.9 Å². The van der Waals surface area contributed by atoms with Crippen molar-refractivity contribution < 1.29 is 0 Å². The maximum atomic E-state index is 5.01. The van der Waals surface area contributed by atoms with E-state index in [4.69, 9.17) is 4.98 Å². The Balaban J connectivity index is 1.34. The van der Waals surface area contributed by atoms with Gasteiger partial charge in [0.15, 0.2) is 0 Å². The quantitative estimate of drug-likeness (QED) is 0.261. The minimum absolute atomic E-state index is 0.274. The summed E-state index contributed by atoms with van der Waals surface area (Å²) in [6.07, 6.45) is 11.4. The van der Waals surface area contributed by atoms with Crippen LogP contribution in [0, 0.1) is 0 Å². The van der Waals surface area contributed by atoms with Crippen LogP contribution in [0.25, 0.3) is 33.3 Å². The van der Waals surface area contributed by atoms with Gasteiger partial charge in [0.25, 0.3) is 0 Å². The molecule has 0 radical (unpaired) electrons. The number of rotatable bonds is 5. The zero-order valence-electron chi connectivity index (χ0n) is 20.3. The predicted octanol–water partition coefficient (Wildman–Crippen LogP) is 8.33. The van der Waals surface area contributed by atoms with Crippen LogP contribution in [0.1, 0.15) is 18.0 Å². The number of hydrogen-bond donors (Lipinski definition) is 0. The molecular formula is C33H27N3. The highest BCUT2D eigenvalue weighted by Gasteiger charge is 2.15. The van der Waals surface area contributed by atoms with Crippen LogP contribution in [0.3, 0.4) is 0 Å². The molecule has 0 bridgehead atoms. The van der Waals surface area contributed by atoms with E-state index in [1.807, 2.05) is 24.4 Å². The second-order valence-electron chi connectivity index (χ2n) is 9.17. The molecule has 5 aromatic rings. The van der Waals surface area contributed by atoms with Crippen LogP contribution < -0.4 is 4.90 Å². The fourth-order valence-corrected chi connectivity index (χ4v) is 4.77. The van der Waals surface area contributed by atoms with Gasteiger partial charge in [0.1, 0.15) is 0 Å². The van der Waals surface area contributed by atoms with Crippen molar-refractivity contribution in [3.05, 3.63) is 133 Å². The van der Waals surface area contributed by atoms with E-state index in [0.717, 1.165) is 34.8 Å². The van der Waals surface area contributed by atoms with Gasteiger partial charge in [-0.3, -0.25) is 9.97 Å². The van der Waals surface area contributed by atoms with E-state index in [1.165, 1.54) is 22.0 Å². The van der Waals surface area contributed by atoms with Gasteiger partial charge in [0.2, 0.25) is 0 Å². The highest BCUT2D eigenvalue weighted by atomic mass is 15.1. The first kappa shape index (κ1) is 22.0. The fourth-order valence-electron chi connectivity index (χ4n) is 4.77. The molecule has 0 fully saturated rings. The molecule has 0 aliphatic heterocycles. The number of anilines is 2. The SMILES string of the molecule is CN(c1ccc(-c2cc(-c3ccccn3)nc(C3C=CC=CC3)c2)cc1)c1ccc2ccccc2c1. The zero-order chi connectivity index (χ0) is 24.3. The average Bonchev–Trinajstić information content (AvgIpc) is 2.97. The second-order valence-corrected chi connectivity index (χ2v) is 9.17. The van der Waals surface area contributed by atoms with Crippen molar-refractivity contribution in [2.24, 2.45) is 0 Å². The summed E-state index contributed by atoms with van der Waals surface area (Å²) in [5.41, 5.74) is 7.51. The van der Waals surface area contributed by atoms with Crippen molar-refractivity contribution in [3.63, 3.8) is 0 Å². The van der Waals surface area contributed by atoms with Gasteiger partial charge in [-0.15, -0.1) is 0 Å². The van der Waals surface area contributed by atoms with Crippen LogP contribution in [-0.4, -0.2) is 17.0 Å². The summed E-state index contributed by atoms with van der Waals surface area (Å²) in [6.45, 7) is 0. The fraction of sp³-hybridized carbons (Fsp3) is 0.0909.